The van der Waals surface area contributed by atoms with Crippen LogP contribution in [0.2, 0.25) is 0 Å². The molecule has 1 aromatic carbocycles. The topological polar surface area (TPSA) is 41.1 Å². The molecule has 0 radical (unpaired) electrons. The Kier molecular flexibility index (Phi) is 4.76. The lowest BCUT2D eigenvalue weighted by molar-refractivity contribution is -0.123. The second kappa shape index (κ2) is 6.55. The second-order valence-corrected chi connectivity index (χ2v) is 4.92. The third-order valence-corrected chi connectivity index (χ3v) is 3.57. The largest absolute Gasteiger partial charge is 0.352 e. The molecular weight excluding hydrogens is 224 g/mol. The van der Waals surface area contributed by atoms with Gasteiger partial charge in [-0.05, 0) is 31.4 Å². The molecule has 2 rings (SSSR count). The molecule has 1 unspecified atom stereocenters. The highest BCUT2D eigenvalue weighted by Gasteiger charge is 2.22. The molecule has 3 heteroatoms. The highest BCUT2D eigenvalue weighted by Crippen LogP contribution is 2.19. The minimum atomic E-state index is -0.0203. The van der Waals surface area contributed by atoms with Crippen molar-refractivity contribution in [3.05, 3.63) is 35.9 Å². The fourth-order valence-corrected chi connectivity index (χ4v) is 2.53. The first kappa shape index (κ1) is 13.1. The van der Waals surface area contributed by atoms with Gasteiger partial charge in [-0.15, -0.1) is 0 Å². The Balaban J connectivity index is 1.97. The first-order valence-electron chi connectivity index (χ1n) is 6.87. The van der Waals surface area contributed by atoms with Crippen LogP contribution in [0, 0.1) is 0 Å². The van der Waals surface area contributed by atoms with Gasteiger partial charge in [0.1, 0.15) is 0 Å². The van der Waals surface area contributed by atoms with E-state index in [1.807, 2.05) is 30.3 Å². The lowest BCUT2D eigenvalue weighted by Gasteiger charge is -2.26. The number of carbonyl (C=O) groups is 1. The van der Waals surface area contributed by atoms with Gasteiger partial charge in [-0.25, -0.2) is 0 Å². The van der Waals surface area contributed by atoms with E-state index in [-0.39, 0.29) is 11.8 Å². The molecule has 18 heavy (non-hydrogen) atoms. The van der Waals surface area contributed by atoms with E-state index in [9.17, 15) is 4.79 Å². The van der Waals surface area contributed by atoms with Crippen LogP contribution in [0.1, 0.15) is 37.7 Å². The molecule has 1 fully saturated rings. The van der Waals surface area contributed by atoms with Crippen LogP contribution < -0.4 is 10.6 Å². The number of hydrogen-bond acceptors (Lipinski definition) is 2. The third-order valence-electron chi connectivity index (χ3n) is 3.57. The number of benzene rings is 1. The molecule has 2 atom stereocenters. The van der Waals surface area contributed by atoms with E-state index in [2.05, 4.69) is 17.6 Å². The van der Waals surface area contributed by atoms with Crippen molar-refractivity contribution in [2.24, 2.45) is 0 Å². The van der Waals surface area contributed by atoms with E-state index in [0.29, 0.717) is 6.04 Å². The van der Waals surface area contributed by atoms with E-state index in [1.165, 1.54) is 0 Å². The maximum Gasteiger partial charge on any atom is 0.227 e. The summed E-state index contributed by atoms with van der Waals surface area (Å²) in [5, 5.41) is 6.49. The summed E-state index contributed by atoms with van der Waals surface area (Å²) in [6, 6.07) is 10.3. The van der Waals surface area contributed by atoms with Crippen molar-refractivity contribution in [3.8, 4) is 0 Å². The molecule has 0 spiro atoms. The molecule has 1 aliphatic heterocycles. The third kappa shape index (κ3) is 3.33. The Morgan fingerprint density at radius 1 is 1.44 bits per heavy atom. The van der Waals surface area contributed by atoms with Crippen LogP contribution in [0.5, 0.6) is 0 Å². The predicted molar refractivity (Wildman–Crippen MR) is 73.5 cm³/mol. The number of amides is 1. The predicted octanol–water partition coefficient (Wildman–Crippen LogP) is 2.05. The molecule has 0 bridgehead atoms. The summed E-state index contributed by atoms with van der Waals surface area (Å²) in [6.07, 6.45) is 3.08. The minimum Gasteiger partial charge on any atom is -0.352 e. The van der Waals surface area contributed by atoms with Gasteiger partial charge in [0.25, 0.3) is 0 Å². The van der Waals surface area contributed by atoms with Crippen molar-refractivity contribution >= 4 is 5.91 Å². The molecule has 1 heterocycles. The van der Waals surface area contributed by atoms with Crippen LogP contribution in [-0.2, 0) is 4.79 Å². The zero-order valence-corrected chi connectivity index (χ0v) is 11.0. The summed E-state index contributed by atoms with van der Waals surface area (Å²) in [7, 11) is 0. The normalized spacial score (nSPS) is 21.3. The lowest BCUT2D eigenvalue weighted by Crippen LogP contribution is -2.47. The summed E-state index contributed by atoms with van der Waals surface area (Å²) in [5.41, 5.74) is 1.11. The first-order chi connectivity index (χ1) is 8.81. The van der Waals surface area contributed by atoms with Gasteiger partial charge < -0.3 is 10.6 Å². The molecule has 1 aliphatic rings. The molecule has 1 aromatic rings. The molecule has 0 aliphatic carbocycles. The molecule has 98 valence electrons. The summed E-state index contributed by atoms with van der Waals surface area (Å²) in [6.45, 7) is 4.04. The van der Waals surface area contributed by atoms with E-state index in [0.717, 1.165) is 37.9 Å². The molecular formula is C15H22N2O. The fourth-order valence-electron chi connectivity index (χ4n) is 2.53. The zero-order chi connectivity index (χ0) is 12.8. The van der Waals surface area contributed by atoms with Crippen LogP contribution in [-0.4, -0.2) is 25.0 Å². The lowest BCUT2D eigenvalue weighted by atomic mass is 9.95. The summed E-state index contributed by atoms with van der Waals surface area (Å²) < 4.78 is 0. The van der Waals surface area contributed by atoms with Gasteiger partial charge in [-0.1, -0.05) is 37.3 Å². The van der Waals surface area contributed by atoms with Crippen LogP contribution >= 0.6 is 0 Å². The monoisotopic (exact) mass is 246 g/mol. The second-order valence-electron chi connectivity index (χ2n) is 4.92. The Bertz CT molecular complexity index is 371. The van der Waals surface area contributed by atoms with E-state index in [1.54, 1.807) is 0 Å². The van der Waals surface area contributed by atoms with E-state index < -0.39 is 0 Å². The standard InChI is InChI=1S/C15H22N2O/c1-2-14(12-7-4-3-5-8-12)15(18)17-13-9-6-10-16-11-13/h3-5,7-8,13-14,16H,2,6,9-11H2,1H3,(H,17,18)/t13-,14?/m0/s1. The number of nitrogens with one attached hydrogen (secondary N) is 2. The van der Waals surface area contributed by atoms with Gasteiger partial charge in [0.2, 0.25) is 5.91 Å². The minimum absolute atomic E-state index is 0.0203. The summed E-state index contributed by atoms with van der Waals surface area (Å²) in [4.78, 5) is 12.3. The van der Waals surface area contributed by atoms with Gasteiger partial charge in [-0.3, -0.25) is 4.79 Å². The maximum atomic E-state index is 12.3. The number of rotatable bonds is 4. The van der Waals surface area contributed by atoms with Gasteiger partial charge in [0.05, 0.1) is 5.92 Å². The van der Waals surface area contributed by atoms with Crippen molar-refractivity contribution in [1.82, 2.24) is 10.6 Å². The van der Waals surface area contributed by atoms with E-state index in [4.69, 9.17) is 0 Å². The molecule has 0 aromatic heterocycles. The Morgan fingerprint density at radius 3 is 2.83 bits per heavy atom. The molecule has 0 saturated carbocycles. The van der Waals surface area contributed by atoms with Crippen LogP contribution in [0.15, 0.2) is 30.3 Å². The van der Waals surface area contributed by atoms with Crippen molar-refractivity contribution in [1.29, 1.82) is 0 Å². The average Bonchev–Trinajstić information content (AvgIpc) is 2.42. The van der Waals surface area contributed by atoms with Crippen LogP contribution in [0.25, 0.3) is 0 Å². The fraction of sp³-hybridized carbons (Fsp3) is 0.533. The van der Waals surface area contributed by atoms with Gasteiger partial charge in [0.15, 0.2) is 0 Å². The van der Waals surface area contributed by atoms with E-state index >= 15 is 0 Å². The molecule has 1 saturated heterocycles. The summed E-state index contributed by atoms with van der Waals surface area (Å²) >= 11 is 0. The highest BCUT2D eigenvalue weighted by molar-refractivity contribution is 5.83. The van der Waals surface area contributed by atoms with Crippen molar-refractivity contribution in [3.63, 3.8) is 0 Å². The van der Waals surface area contributed by atoms with Crippen molar-refractivity contribution in [2.45, 2.75) is 38.1 Å². The molecule has 2 N–H and O–H groups in total. The molecule has 1 amide bonds. The quantitative estimate of drug-likeness (QED) is 0.853. The number of carbonyl (C=O) groups excluding carboxylic acids is 1. The number of piperidine rings is 1. The Hall–Kier alpha value is -1.35. The molecule has 3 nitrogen and oxygen atoms in total. The van der Waals surface area contributed by atoms with Crippen molar-refractivity contribution in [2.75, 3.05) is 13.1 Å². The zero-order valence-electron chi connectivity index (χ0n) is 11.0. The average molecular weight is 246 g/mol. The number of hydrogen-bond donors (Lipinski definition) is 2. The smallest absolute Gasteiger partial charge is 0.227 e. The van der Waals surface area contributed by atoms with Gasteiger partial charge >= 0.3 is 0 Å². The Morgan fingerprint density at radius 2 is 2.22 bits per heavy atom. The SMILES string of the molecule is CCC(C(=O)N[C@H]1CCCNC1)c1ccccc1. The summed E-state index contributed by atoms with van der Waals surface area (Å²) in [5.74, 6) is 0.144. The highest BCUT2D eigenvalue weighted by atomic mass is 16.1. The Labute approximate surface area is 109 Å². The van der Waals surface area contributed by atoms with Crippen LogP contribution in [0.4, 0.5) is 0 Å². The maximum absolute atomic E-state index is 12.3. The van der Waals surface area contributed by atoms with Gasteiger partial charge in [0, 0.05) is 12.6 Å². The first-order valence-corrected chi connectivity index (χ1v) is 6.87. The van der Waals surface area contributed by atoms with Gasteiger partial charge in [-0.2, -0.15) is 0 Å². The van der Waals surface area contributed by atoms with Crippen LogP contribution in [0.3, 0.4) is 0 Å². The van der Waals surface area contributed by atoms with Crippen molar-refractivity contribution < 1.29 is 4.79 Å².